The summed E-state index contributed by atoms with van der Waals surface area (Å²) in [4.78, 5) is 24.0. The number of nitrogens with zero attached hydrogens (tertiary/aromatic N) is 2. The van der Waals surface area contributed by atoms with Crippen LogP contribution in [-0.2, 0) is 9.59 Å². The van der Waals surface area contributed by atoms with Gasteiger partial charge in [0.05, 0.1) is 5.41 Å². The SMILES string of the molecule is CC(=O)Nc1nonc1NC(=O)C12CC3CC(CC(C3)C1)C2. The largest absolute Gasteiger partial charge is 0.305 e. The van der Waals surface area contributed by atoms with Gasteiger partial charge in [0.2, 0.25) is 23.5 Å². The van der Waals surface area contributed by atoms with Crippen molar-refractivity contribution in [3.05, 3.63) is 0 Å². The summed E-state index contributed by atoms with van der Waals surface area (Å²) in [5.41, 5.74) is -0.263. The topological polar surface area (TPSA) is 97.1 Å². The fraction of sp³-hybridized carbons (Fsp3) is 0.733. The second kappa shape index (κ2) is 4.79. The lowest BCUT2D eigenvalue weighted by Crippen LogP contribution is -2.51. The van der Waals surface area contributed by atoms with Crippen molar-refractivity contribution in [2.24, 2.45) is 23.2 Å². The molecular weight excluding hydrogens is 284 g/mol. The van der Waals surface area contributed by atoms with Crippen LogP contribution in [0.1, 0.15) is 45.4 Å². The molecule has 4 fully saturated rings. The lowest BCUT2D eigenvalue weighted by Gasteiger charge is -2.55. The summed E-state index contributed by atoms with van der Waals surface area (Å²) in [6.07, 6.45) is 6.79. The predicted octanol–water partition coefficient (Wildman–Crippen LogP) is 2.18. The van der Waals surface area contributed by atoms with Crippen LogP contribution in [0, 0.1) is 23.2 Å². The van der Waals surface area contributed by atoms with Gasteiger partial charge in [-0.2, -0.15) is 0 Å². The Labute approximate surface area is 128 Å². The van der Waals surface area contributed by atoms with E-state index >= 15 is 0 Å². The van der Waals surface area contributed by atoms with E-state index in [9.17, 15) is 9.59 Å². The number of amides is 2. The van der Waals surface area contributed by atoms with Gasteiger partial charge in [0.15, 0.2) is 0 Å². The van der Waals surface area contributed by atoms with E-state index < -0.39 is 0 Å². The summed E-state index contributed by atoms with van der Waals surface area (Å²) in [6.45, 7) is 1.37. The first kappa shape index (κ1) is 13.7. The minimum Gasteiger partial charge on any atom is -0.305 e. The molecular formula is C15H20N4O3. The van der Waals surface area contributed by atoms with E-state index in [4.69, 9.17) is 0 Å². The minimum absolute atomic E-state index is 0.00824. The minimum atomic E-state index is -0.277. The molecule has 0 aliphatic heterocycles. The van der Waals surface area contributed by atoms with Crippen molar-refractivity contribution in [3.8, 4) is 0 Å². The van der Waals surface area contributed by atoms with Gasteiger partial charge in [-0.3, -0.25) is 9.59 Å². The Balaban J connectivity index is 1.53. The fourth-order valence-corrected chi connectivity index (χ4v) is 5.15. The van der Waals surface area contributed by atoms with Crippen LogP contribution in [0.3, 0.4) is 0 Å². The van der Waals surface area contributed by atoms with Crippen molar-refractivity contribution >= 4 is 23.5 Å². The lowest BCUT2D eigenvalue weighted by molar-refractivity contribution is -0.140. The van der Waals surface area contributed by atoms with Crippen molar-refractivity contribution in [2.45, 2.75) is 45.4 Å². The van der Waals surface area contributed by atoms with E-state index in [2.05, 4.69) is 25.6 Å². The van der Waals surface area contributed by atoms with Crippen molar-refractivity contribution in [3.63, 3.8) is 0 Å². The number of carbonyl (C=O) groups is 2. The average molecular weight is 304 g/mol. The number of nitrogens with one attached hydrogen (secondary N) is 2. The zero-order valence-corrected chi connectivity index (χ0v) is 12.6. The zero-order chi connectivity index (χ0) is 15.3. The van der Waals surface area contributed by atoms with Crippen molar-refractivity contribution in [2.75, 3.05) is 10.6 Å². The molecule has 7 nitrogen and oxygen atoms in total. The summed E-state index contributed by atoms with van der Waals surface area (Å²) < 4.78 is 4.64. The van der Waals surface area contributed by atoms with Crippen LogP contribution in [0.15, 0.2) is 4.63 Å². The van der Waals surface area contributed by atoms with Crippen LogP contribution in [0.2, 0.25) is 0 Å². The molecule has 7 heteroatoms. The van der Waals surface area contributed by atoms with E-state index in [1.165, 1.54) is 26.2 Å². The summed E-state index contributed by atoms with van der Waals surface area (Å²) in [6, 6.07) is 0. The van der Waals surface area contributed by atoms with Crippen molar-refractivity contribution < 1.29 is 14.2 Å². The smallest absolute Gasteiger partial charge is 0.231 e. The Hall–Kier alpha value is -1.92. The number of rotatable bonds is 3. The molecule has 1 heterocycles. The monoisotopic (exact) mass is 304 g/mol. The maximum atomic E-state index is 12.9. The molecule has 0 radical (unpaired) electrons. The highest BCUT2D eigenvalue weighted by molar-refractivity contribution is 5.99. The molecule has 2 N–H and O–H groups in total. The van der Waals surface area contributed by atoms with Crippen LogP contribution in [-0.4, -0.2) is 22.1 Å². The number of hydrogen-bond acceptors (Lipinski definition) is 5. The maximum Gasteiger partial charge on any atom is 0.231 e. The molecule has 0 spiro atoms. The third-order valence-corrected chi connectivity index (χ3v) is 5.53. The van der Waals surface area contributed by atoms with Gasteiger partial charge in [0, 0.05) is 6.92 Å². The highest BCUT2D eigenvalue weighted by Crippen LogP contribution is 2.60. The first-order valence-electron chi connectivity index (χ1n) is 7.96. The van der Waals surface area contributed by atoms with E-state index in [1.54, 1.807) is 0 Å². The molecule has 5 rings (SSSR count). The second-order valence-corrected chi connectivity index (χ2v) is 7.29. The van der Waals surface area contributed by atoms with Gasteiger partial charge in [-0.1, -0.05) is 0 Å². The first-order chi connectivity index (χ1) is 10.5. The van der Waals surface area contributed by atoms with E-state index in [-0.39, 0.29) is 28.9 Å². The van der Waals surface area contributed by atoms with Crippen LogP contribution in [0.4, 0.5) is 11.6 Å². The Bertz CT molecular complexity index is 589. The highest BCUT2D eigenvalue weighted by Gasteiger charge is 2.54. The first-order valence-corrected chi connectivity index (χ1v) is 7.96. The molecule has 0 aromatic carbocycles. The standard InChI is InChI=1S/C15H20N4O3/c1-8(20)16-12-13(19-22-18-12)17-14(21)15-5-9-2-10(6-15)4-11(3-9)7-15/h9-11H,2-7H2,1H3,(H,16,18,20)(H,17,19,21). The third-order valence-electron chi connectivity index (χ3n) is 5.53. The van der Waals surface area contributed by atoms with Crippen LogP contribution in [0.5, 0.6) is 0 Å². The molecule has 0 saturated heterocycles. The number of aromatic nitrogens is 2. The fourth-order valence-electron chi connectivity index (χ4n) is 5.15. The Kier molecular flexibility index (Phi) is 2.99. The van der Waals surface area contributed by atoms with E-state index in [1.807, 2.05) is 0 Å². The molecule has 0 unspecified atom stereocenters. The normalized spacial score (nSPS) is 35.4. The quantitative estimate of drug-likeness (QED) is 0.892. The Morgan fingerprint density at radius 3 is 2.00 bits per heavy atom. The molecule has 0 atom stereocenters. The third kappa shape index (κ3) is 2.19. The molecule has 118 valence electrons. The average Bonchev–Trinajstić information content (AvgIpc) is 2.83. The number of carbonyl (C=O) groups excluding carboxylic acids is 2. The van der Waals surface area contributed by atoms with Gasteiger partial charge < -0.3 is 10.6 Å². The van der Waals surface area contributed by atoms with Crippen LogP contribution in [0.25, 0.3) is 0 Å². The van der Waals surface area contributed by atoms with Crippen LogP contribution >= 0.6 is 0 Å². The second-order valence-electron chi connectivity index (χ2n) is 7.29. The Morgan fingerprint density at radius 2 is 1.50 bits per heavy atom. The lowest BCUT2D eigenvalue weighted by atomic mass is 9.49. The summed E-state index contributed by atoms with van der Waals surface area (Å²) in [7, 11) is 0. The van der Waals surface area contributed by atoms with Crippen LogP contribution < -0.4 is 10.6 Å². The molecule has 4 aliphatic rings. The Morgan fingerprint density at radius 1 is 1.00 bits per heavy atom. The van der Waals surface area contributed by atoms with Gasteiger partial charge in [-0.15, -0.1) is 0 Å². The van der Waals surface area contributed by atoms with Gasteiger partial charge in [0.25, 0.3) is 0 Å². The highest BCUT2D eigenvalue weighted by atomic mass is 16.6. The van der Waals surface area contributed by atoms with Gasteiger partial charge in [-0.05, 0) is 66.6 Å². The molecule has 2 amide bonds. The van der Waals surface area contributed by atoms with Gasteiger partial charge >= 0.3 is 0 Å². The molecule has 4 bridgehead atoms. The van der Waals surface area contributed by atoms with Gasteiger partial charge in [0.1, 0.15) is 0 Å². The molecule has 1 aromatic heterocycles. The van der Waals surface area contributed by atoms with E-state index in [0.717, 1.165) is 19.3 Å². The number of anilines is 2. The van der Waals surface area contributed by atoms with Crippen molar-refractivity contribution in [1.29, 1.82) is 0 Å². The molecule has 22 heavy (non-hydrogen) atoms. The van der Waals surface area contributed by atoms with Crippen molar-refractivity contribution in [1.82, 2.24) is 10.3 Å². The number of hydrogen-bond donors (Lipinski definition) is 2. The molecule has 4 aliphatic carbocycles. The maximum absolute atomic E-state index is 12.9. The summed E-state index contributed by atoms with van der Waals surface area (Å²) >= 11 is 0. The molecule has 4 saturated carbocycles. The summed E-state index contributed by atoms with van der Waals surface area (Å²) in [5.74, 6) is 2.20. The predicted molar refractivity (Wildman–Crippen MR) is 77.8 cm³/mol. The summed E-state index contributed by atoms with van der Waals surface area (Å²) in [5, 5.41) is 12.7. The zero-order valence-electron chi connectivity index (χ0n) is 12.6. The van der Waals surface area contributed by atoms with E-state index in [0.29, 0.717) is 17.8 Å². The van der Waals surface area contributed by atoms with Gasteiger partial charge in [-0.25, -0.2) is 4.63 Å². The molecule has 1 aromatic rings.